The molecule has 0 aliphatic heterocycles. The minimum absolute atomic E-state index is 0.0617. The summed E-state index contributed by atoms with van der Waals surface area (Å²) in [6, 6.07) is 2.27. The number of rotatable bonds is 5. The Morgan fingerprint density at radius 2 is 2.11 bits per heavy atom. The Hall–Kier alpha value is -2.83. The molecule has 2 aliphatic carbocycles. The normalized spacial score (nSPS) is 24.4. The summed E-state index contributed by atoms with van der Waals surface area (Å²) in [6.07, 6.45) is 0.782. The van der Waals surface area contributed by atoms with Crippen molar-refractivity contribution >= 4 is 17.5 Å². The van der Waals surface area contributed by atoms with Crippen LogP contribution in [0.15, 0.2) is 12.4 Å². The van der Waals surface area contributed by atoms with Crippen LogP contribution < -0.4 is 10.6 Å². The van der Waals surface area contributed by atoms with E-state index in [4.69, 9.17) is 5.26 Å². The Kier molecular flexibility index (Phi) is 3.80. The van der Waals surface area contributed by atoms with Crippen LogP contribution in [0.2, 0.25) is 0 Å². The molecule has 2 atom stereocenters. The fourth-order valence-electron chi connectivity index (χ4n) is 3.16. The molecular formula is C17H18F3N7. The summed E-state index contributed by atoms with van der Waals surface area (Å²) in [6.45, 7) is 1.97. The molecule has 10 heteroatoms. The Morgan fingerprint density at radius 3 is 2.67 bits per heavy atom. The van der Waals surface area contributed by atoms with E-state index in [0.717, 1.165) is 31.2 Å². The molecule has 27 heavy (non-hydrogen) atoms. The lowest BCUT2D eigenvalue weighted by molar-refractivity contribution is -0.137. The third kappa shape index (κ3) is 3.07. The van der Waals surface area contributed by atoms with Gasteiger partial charge < -0.3 is 10.6 Å². The molecule has 0 unspecified atom stereocenters. The van der Waals surface area contributed by atoms with Crippen molar-refractivity contribution < 1.29 is 13.2 Å². The highest BCUT2D eigenvalue weighted by Crippen LogP contribution is 2.51. The summed E-state index contributed by atoms with van der Waals surface area (Å²) in [5, 5.41) is 19.3. The van der Waals surface area contributed by atoms with E-state index in [0.29, 0.717) is 11.6 Å². The number of nitriles is 1. The lowest BCUT2D eigenvalue weighted by Crippen LogP contribution is -2.16. The summed E-state index contributed by atoms with van der Waals surface area (Å²) in [5.41, 5.74) is 0.254. The number of nitrogens with one attached hydrogen (secondary N) is 2. The molecule has 2 saturated carbocycles. The molecule has 0 radical (unpaired) electrons. The highest BCUT2D eigenvalue weighted by Gasteiger charge is 2.53. The van der Waals surface area contributed by atoms with Crippen molar-refractivity contribution in [3.63, 3.8) is 0 Å². The van der Waals surface area contributed by atoms with E-state index in [-0.39, 0.29) is 23.2 Å². The van der Waals surface area contributed by atoms with Gasteiger partial charge in [-0.2, -0.15) is 28.5 Å². The predicted molar refractivity (Wildman–Crippen MR) is 91.4 cm³/mol. The zero-order valence-corrected chi connectivity index (χ0v) is 14.8. The van der Waals surface area contributed by atoms with E-state index in [1.165, 1.54) is 7.05 Å². The molecule has 0 spiro atoms. The van der Waals surface area contributed by atoms with Gasteiger partial charge in [-0.05, 0) is 26.2 Å². The van der Waals surface area contributed by atoms with Crippen molar-refractivity contribution in [2.24, 2.45) is 5.92 Å². The number of nitrogens with zero attached hydrogens (tertiary/aromatic N) is 5. The summed E-state index contributed by atoms with van der Waals surface area (Å²) >= 11 is 0. The molecule has 4 rings (SSSR count). The van der Waals surface area contributed by atoms with Crippen LogP contribution in [0.5, 0.6) is 0 Å². The zero-order valence-electron chi connectivity index (χ0n) is 14.8. The van der Waals surface area contributed by atoms with Crippen molar-refractivity contribution in [1.82, 2.24) is 19.7 Å². The second kappa shape index (κ2) is 5.84. The van der Waals surface area contributed by atoms with E-state index in [1.807, 2.05) is 6.92 Å². The summed E-state index contributed by atoms with van der Waals surface area (Å²) in [4.78, 5) is 7.77. The van der Waals surface area contributed by atoms with Crippen LogP contribution in [0.1, 0.15) is 43.4 Å². The van der Waals surface area contributed by atoms with Gasteiger partial charge in [-0.15, -0.1) is 0 Å². The SMILES string of the molecule is CNc1nc(Nc2cn([C@@]3(C)C[C@H]3C#N)nc2C2CC2)ncc1C(F)(F)F. The van der Waals surface area contributed by atoms with Gasteiger partial charge in [0.1, 0.15) is 11.4 Å². The van der Waals surface area contributed by atoms with Crippen LogP contribution in [0.4, 0.5) is 30.6 Å². The third-order valence-electron chi connectivity index (χ3n) is 5.17. The fraction of sp³-hybridized carbons (Fsp3) is 0.529. The van der Waals surface area contributed by atoms with E-state index >= 15 is 0 Å². The first-order valence-corrected chi connectivity index (χ1v) is 8.65. The maximum Gasteiger partial charge on any atom is 0.421 e. The standard InChI is InChI=1S/C17H18F3N7/c1-16(5-10(16)6-21)27-8-12(13(26-27)9-3-4-9)24-15-23-7-11(17(18,19)20)14(22-2)25-15/h7-10H,3-5H2,1-2H3,(H2,22,23,24,25)/t10-,16-/m0/s1. The molecular weight excluding hydrogens is 359 g/mol. The van der Waals surface area contributed by atoms with Crippen molar-refractivity contribution in [2.45, 2.75) is 43.8 Å². The van der Waals surface area contributed by atoms with Gasteiger partial charge in [0.25, 0.3) is 0 Å². The monoisotopic (exact) mass is 377 g/mol. The minimum Gasteiger partial charge on any atom is -0.372 e. The van der Waals surface area contributed by atoms with Crippen LogP contribution >= 0.6 is 0 Å². The molecule has 2 aromatic heterocycles. The smallest absolute Gasteiger partial charge is 0.372 e. The molecule has 0 saturated heterocycles. The molecule has 2 aromatic rings. The molecule has 0 amide bonds. The maximum absolute atomic E-state index is 13.0. The van der Waals surface area contributed by atoms with E-state index < -0.39 is 11.7 Å². The second-order valence-electron chi connectivity index (χ2n) is 7.22. The molecule has 2 heterocycles. The highest BCUT2D eigenvalue weighted by atomic mass is 19.4. The Labute approximate surface area is 153 Å². The van der Waals surface area contributed by atoms with Crippen molar-refractivity contribution in [1.29, 1.82) is 5.26 Å². The van der Waals surface area contributed by atoms with Gasteiger partial charge in [0.2, 0.25) is 5.95 Å². The van der Waals surface area contributed by atoms with Crippen LogP contribution in [-0.4, -0.2) is 26.8 Å². The number of halogens is 3. The summed E-state index contributed by atoms with van der Waals surface area (Å²) in [7, 11) is 1.38. The molecule has 2 fully saturated rings. The van der Waals surface area contributed by atoms with Crippen molar-refractivity contribution in [2.75, 3.05) is 17.7 Å². The van der Waals surface area contributed by atoms with E-state index in [2.05, 4.69) is 31.8 Å². The number of hydrogen-bond donors (Lipinski definition) is 2. The van der Waals surface area contributed by atoms with Crippen molar-refractivity contribution in [3.05, 3.63) is 23.7 Å². The third-order valence-corrected chi connectivity index (χ3v) is 5.17. The number of alkyl halides is 3. The van der Waals surface area contributed by atoms with Crippen molar-refractivity contribution in [3.8, 4) is 6.07 Å². The number of anilines is 3. The first-order valence-electron chi connectivity index (χ1n) is 8.65. The summed E-state index contributed by atoms with van der Waals surface area (Å²) in [5.74, 6) is -0.00369. The molecule has 7 nitrogen and oxygen atoms in total. The van der Waals surface area contributed by atoms with Gasteiger partial charge in [-0.25, -0.2) is 4.98 Å². The van der Waals surface area contributed by atoms with Crippen LogP contribution in [-0.2, 0) is 11.7 Å². The van der Waals surface area contributed by atoms with Gasteiger partial charge in [-0.1, -0.05) is 0 Å². The Bertz CT molecular complexity index is 926. The topological polar surface area (TPSA) is 91.5 Å². The van der Waals surface area contributed by atoms with Crippen LogP contribution in [0.25, 0.3) is 0 Å². The van der Waals surface area contributed by atoms with E-state index in [1.54, 1.807) is 10.9 Å². The van der Waals surface area contributed by atoms with Crippen LogP contribution in [0, 0.1) is 17.2 Å². The van der Waals surface area contributed by atoms with E-state index in [9.17, 15) is 13.2 Å². The summed E-state index contributed by atoms with van der Waals surface area (Å²) < 4.78 is 40.8. The van der Waals surface area contributed by atoms with Gasteiger partial charge >= 0.3 is 6.18 Å². The first-order chi connectivity index (χ1) is 12.8. The number of hydrogen-bond acceptors (Lipinski definition) is 6. The quantitative estimate of drug-likeness (QED) is 0.827. The average molecular weight is 377 g/mol. The lowest BCUT2D eigenvalue weighted by Gasteiger charge is -2.12. The molecule has 2 aliphatic rings. The van der Waals surface area contributed by atoms with Gasteiger partial charge in [0.05, 0.1) is 28.9 Å². The molecule has 2 N–H and O–H groups in total. The minimum atomic E-state index is -4.53. The fourth-order valence-corrected chi connectivity index (χ4v) is 3.16. The largest absolute Gasteiger partial charge is 0.421 e. The number of aromatic nitrogens is 4. The Morgan fingerprint density at radius 1 is 1.37 bits per heavy atom. The predicted octanol–water partition coefficient (Wildman–Crippen LogP) is 3.61. The average Bonchev–Trinajstić information content (AvgIpc) is 3.53. The van der Waals surface area contributed by atoms with Gasteiger partial charge in [0, 0.05) is 25.4 Å². The molecule has 0 aromatic carbocycles. The molecule has 142 valence electrons. The highest BCUT2D eigenvalue weighted by molar-refractivity contribution is 5.59. The lowest BCUT2D eigenvalue weighted by atomic mass is 10.2. The van der Waals surface area contributed by atoms with Crippen LogP contribution in [0.3, 0.4) is 0 Å². The first kappa shape index (κ1) is 17.6. The Balaban J connectivity index is 1.65. The van der Waals surface area contributed by atoms with Gasteiger partial charge in [0.15, 0.2) is 0 Å². The van der Waals surface area contributed by atoms with Gasteiger partial charge in [-0.3, -0.25) is 4.68 Å². The second-order valence-corrected chi connectivity index (χ2v) is 7.22. The maximum atomic E-state index is 13.0. The zero-order chi connectivity index (χ0) is 19.4. The molecule has 0 bridgehead atoms.